The Morgan fingerprint density at radius 2 is 1.91 bits per heavy atom. The summed E-state index contributed by atoms with van der Waals surface area (Å²) in [5, 5.41) is 2.76. The number of H-pyrrole nitrogens is 1. The van der Waals surface area contributed by atoms with Crippen LogP contribution in [0.15, 0.2) is 47.3 Å². The van der Waals surface area contributed by atoms with E-state index in [2.05, 4.69) is 20.3 Å². The third-order valence-corrected chi connectivity index (χ3v) is 3.52. The lowest BCUT2D eigenvalue weighted by Gasteiger charge is -2.13. The highest BCUT2D eigenvalue weighted by atomic mass is 16.2. The number of nitrogens with zero attached hydrogens (tertiary/aromatic N) is 2. The van der Waals surface area contributed by atoms with Gasteiger partial charge >= 0.3 is 0 Å². The smallest absolute Gasteiger partial charge is 0.280 e. The molecule has 0 fully saturated rings. The molecule has 1 aromatic carbocycles. The number of pyridine rings is 1. The summed E-state index contributed by atoms with van der Waals surface area (Å²) in [5.41, 5.74) is 2.11. The number of benzene rings is 1. The molecule has 116 valence electrons. The molecule has 0 radical (unpaired) electrons. The van der Waals surface area contributed by atoms with Gasteiger partial charge in [0.25, 0.3) is 11.5 Å². The Morgan fingerprint density at radius 1 is 1.13 bits per heavy atom. The number of aryl methyl sites for hydroxylation is 1. The first kappa shape index (κ1) is 14.9. The van der Waals surface area contributed by atoms with E-state index in [1.807, 2.05) is 32.0 Å². The van der Waals surface area contributed by atoms with Crippen LogP contribution in [0.4, 0.5) is 0 Å². The number of hydrogen-bond donors (Lipinski definition) is 2. The number of carbonyl (C=O) groups is 1. The lowest BCUT2D eigenvalue weighted by molar-refractivity contribution is 0.0932. The highest BCUT2D eigenvalue weighted by Crippen LogP contribution is 2.11. The molecule has 3 rings (SSSR count). The Morgan fingerprint density at radius 3 is 2.70 bits per heavy atom. The fraction of sp³-hybridized carbons (Fsp3) is 0.176. The highest BCUT2D eigenvalue weighted by molar-refractivity contribution is 5.93. The Labute approximate surface area is 132 Å². The first-order chi connectivity index (χ1) is 11.0. The summed E-state index contributed by atoms with van der Waals surface area (Å²) < 4.78 is 0. The van der Waals surface area contributed by atoms with Gasteiger partial charge in [-0.3, -0.25) is 14.6 Å². The van der Waals surface area contributed by atoms with Crippen molar-refractivity contribution in [3.8, 4) is 0 Å². The van der Waals surface area contributed by atoms with E-state index in [-0.39, 0.29) is 11.7 Å². The Kier molecular flexibility index (Phi) is 3.89. The molecule has 0 aliphatic rings. The first-order valence-corrected chi connectivity index (χ1v) is 7.28. The van der Waals surface area contributed by atoms with Crippen LogP contribution in [0.1, 0.15) is 34.8 Å². The number of hydrogen-bond acceptors (Lipinski definition) is 4. The van der Waals surface area contributed by atoms with Crippen LogP contribution in [-0.4, -0.2) is 20.9 Å². The topological polar surface area (TPSA) is 87.7 Å². The molecule has 0 aliphatic heterocycles. The average molecular weight is 308 g/mol. The molecular weight excluding hydrogens is 292 g/mol. The predicted octanol–water partition coefficient (Wildman–Crippen LogP) is 2.12. The van der Waals surface area contributed by atoms with E-state index >= 15 is 0 Å². The summed E-state index contributed by atoms with van der Waals surface area (Å²) in [6.07, 6.45) is 0. The minimum atomic E-state index is -0.521. The number of fused-ring (bicyclic) bond motifs is 1. The van der Waals surface area contributed by atoms with Crippen molar-refractivity contribution in [3.63, 3.8) is 0 Å². The lowest BCUT2D eigenvalue weighted by Crippen LogP contribution is -2.33. The summed E-state index contributed by atoms with van der Waals surface area (Å²) in [7, 11) is 0. The number of aromatic amines is 1. The molecular formula is C17H16N4O2. The van der Waals surface area contributed by atoms with Crippen LogP contribution in [0, 0.1) is 6.92 Å². The van der Waals surface area contributed by atoms with Crippen molar-refractivity contribution in [2.45, 2.75) is 19.9 Å². The molecule has 2 aromatic heterocycles. The number of para-hydroxylation sites is 2. The molecule has 0 aliphatic carbocycles. The average Bonchev–Trinajstić information content (AvgIpc) is 2.54. The fourth-order valence-corrected chi connectivity index (χ4v) is 2.33. The maximum atomic E-state index is 12.4. The minimum Gasteiger partial charge on any atom is -0.342 e. The number of amides is 1. The van der Waals surface area contributed by atoms with E-state index in [0.29, 0.717) is 11.0 Å². The van der Waals surface area contributed by atoms with Crippen molar-refractivity contribution in [1.29, 1.82) is 0 Å². The van der Waals surface area contributed by atoms with E-state index in [0.717, 1.165) is 11.4 Å². The second-order valence-electron chi connectivity index (χ2n) is 5.33. The van der Waals surface area contributed by atoms with Crippen LogP contribution >= 0.6 is 0 Å². The van der Waals surface area contributed by atoms with E-state index in [4.69, 9.17) is 0 Å². The molecule has 0 unspecified atom stereocenters. The van der Waals surface area contributed by atoms with E-state index in [1.54, 1.807) is 24.3 Å². The largest absolute Gasteiger partial charge is 0.342 e. The summed E-state index contributed by atoms with van der Waals surface area (Å²) in [5.74, 6) is -0.521. The van der Waals surface area contributed by atoms with Crippen LogP contribution in [0.2, 0.25) is 0 Å². The van der Waals surface area contributed by atoms with Crippen LogP contribution < -0.4 is 10.9 Å². The normalized spacial score (nSPS) is 12.1. The Balaban J connectivity index is 1.88. The van der Waals surface area contributed by atoms with Crippen LogP contribution in [0.5, 0.6) is 0 Å². The van der Waals surface area contributed by atoms with E-state index in [1.165, 1.54) is 0 Å². The zero-order valence-corrected chi connectivity index (χ0v) is 12.8. The van der Waals surface area contributed by atoms with Crippen molar-refractivity contribution in [1.82, 2.24) is 20.3 Å². The molecule has 1 amide bonds. The molecule has 2 heterocycles. The number of nitrogens with one attached hydrogen (secondary N) is 2. The molecule has 23 heavy (non-hydrogen) atoms. The number of carbonyl (C=O) groups excluding carboxylic acids is 1. The van der Waals surface area contributed by atoms with Crippen molar-refractivity contribution in [2.24, 2.45) is 0 Å². The van der Waals surface area contributed by atoms with Gasteiger partial charge in [-0.1, -0.05) is 18.2 Å². The highest BCUT2D eigenvalue weighted by Gasteiger charge is 2.17. The SMILES string of the molecule is Cc1cccc([C@H](C)NC(=O)c2nc3ccccc3[nH]c2=O)n1. The summed E-state index contributed by atoms with van der Waals surface area (Å²) in [6.45, 7) is 3.70. The maximum absolute atomic E-state index is 12.4. The van der Waals surface area contributed by atoms with Crippen molar-refractivity contribution in [3.05, 3.63) is 69.9 Å². The summed E-state index contributed by atoms with van der Waals surface area (Å²) in [4.78, 5) is 35.6. The Bertz CT molecular complexity index is 933. The van der Waals surface area contributed by atoms with Crippen LogP contribution in [0.25, 0.3) is 11.0 Å². The van der Waals surface area contributed by atoms with Crippen molar-refractivity contribution < 1.29 is 4.79 Å². The summed E-state index contributed by atoms with van der Waals surface area (Å²) >= 11 is 0. The van der Waals surface area contributed by atoms with Gasteiger partial charge in [-0.2, -0.15) is 0 Å². The lowest BCUT2D eigenvalue weighted by atomic mass is 10.2. The molecule has 2 N–H and O–H groups in total. The van der Waals surface area contributed by atoms with Gasteiger partial charge in [-0.15, -0.1) is 0 Å². The van der Waals surface area contributed by atoms with Gasteiger partial charge in [-0.25, -0.2) is 4.98 Å². The van der Waals surface area contributed by atoms with Gasteiger partial charge in [0.15, 0.2) is 5.69 Å². The number of rotatable bonds is 3. The van der Waals surface area contributed by atoms with Gasteiger partial charge < -0.3 is 10.3 Å². The Hall–Kier alpha value is -3.02. The third kappa shape index (κ3) is 3.11. The number of aromatic nitrogens is 3. The molecule has 0 saturated carbocycles. The van der Waals surface area contributed by atoms with Gasteiger partial charge in [0, 0.05) is 5.69 Å². The van der Waals surface area contributed by atoms with Gasteiger partial charge in [0.1, 0.15) is 0 Å². The molecule has 1 atom stereocenters. The molecule has 0 bridgehead atoms. The van der Waals surface area contributed by atoms with Gasteiger partial charge in [0.2, 0.25) is 0 Å². The monoisotopic (exact) mass is 308 g/mol. The van der Waals surface area contributed by atoms with E-state index < -0.39 is 11.5 Å². The molecule has 3 aromatic rings. The fourth-order valence-electron chi connectivity index (χ4n) is 2.33. The van der Waals surface area contributed by atoms with E-state index in [9.17, 15) is 9.59 Å². The molecule has 6 nitrogen and oxygen atoms in total. The summed E-state index contributed by atoms with van der Waals surface area (Å²) in [6, 6.07) is 12.3. The predicted molar refractivity (Wildman–Crippen MR) is 87.2 cm³/mol. The first-order valence-electron chi connectivity index (χ1n) is 7.28. The third-order valence-electron chi connectivity index (χ3n) is 3.52. The zero-order valence-electron chi connectivity index (χ0n) is 12.8. The minimum absolute atomic E-state index is 0.150. The van der Waals surface area contributed by atoms with Crippen molar-refractivity contribution in [2.75, 3.05) is 0 Å². The maximum Gasteiger partial charge on any atom is 0.280 e. The second kappa shape index (κ2) is 6.00. The quantitative estimate of drug-likeness (QED) is 0.776. The van der Waals surface area contributed by atoms with Crippen molar-refractivity contribution >= 4 is 16.9 Å². The molecule has 0 saturated heterocycles. The zero-order chi connectivity index (χ0) is 16.4. The standard InChI is InChI=1S/C17H16N4O2/c1-10-6-5-9-12(18-10)11(2)19-16(22)15-17(23)21-14-8-4-3-7-13(14)20-15/h3-9,11H,1-2H3,(H,19,22)(H,21,23)/t11-/m0/s1. The van der Waals surface area contributed by atoms with Gasteiger partial charge in [-0.05, 0) is 38.1 Å². The van der Waals surface area contributed by atoms with Crippen LogP contribution in [-0.2, 0) is 0 Å². The van der Waals surface area contributed by atoms with Gasteiger partial charge in [0.05, 0.1) is 22.8 Å². The molecule has 0 spiro atoms. The van der Waals surface area contributed by atoms with Crippen LogP contribution in [0.3, 0.4) is 0 Å². The molecule has 6 heteroatoms. The second-order valence-corrected chi connectivity index (χ2v) is 5.33.